The average Bonchev–Trinajstić information content (AvgIpc) is 2.72. The molecule has 1 N–H and O–H groups in total. The van der Waals surface area contributed by atoms with Crippen LogP contribution in [0.4, 0.5) is 11.4 Å². The molecule has 0 bridgehead atoms. The minimum atomic E-state index is -0.522. The summed E-state index contributed by atoms with van der Waals surface area (Å²) in [7, 11) is 0. The molecule has 0 atom stereocenters. The van der Waals surface area contributed by atoms with E-state index in [9.17, 15) is 19.7 Å². The van der Waals surface area contributed by atoms with Gasteiger partial charge >= 0.3 is 0 Å². The van der Waals surface area contributed by atoms with Crippen molar-refractivity contribution in [2.45, 2.75) is 4.90 Å². The summed E-state index contributed by atoms with van der Waals surface area (Å²) in [5.74, 6) is -0.251. The lowest BCUT2D eigenvalue weighted by atomic mass is 10.1. The molecule has 0 aromatic heterocycles. The first-order valence-electron chi connectivity index (χ1n) is 8.50. The fourth-order valence-electron chi connectivity index (χ4n) is 2.52. The molecule has 8 heteroatoms. The molecule has 1 amide bonds. The summed E-state index contributed by atoms with van der Waals surface area (Å²) in [5, 5.41) is 13.9. The monoisotopic (exact) mass is 426 g/mol. The van der Waals surface area contributed by atoms with Gasteiger partial charge in [-0.05, 0) is 42.5 Å². The third kappa shape index (κ3) is 5.43. The Morgan fingerprint density at radius 2 is 1.72 bits per heavy atom. The Morgan fingerprint density at radius 3 is 2.41 bits per heavy atom. The van der Waals surface area contributed by atoms with Crippen molar-refractivity contribution in [3.8, 4) is 0 Å². The molecule has 0 radical (unpaired) electrons. The van der Waals surface area contributed by atoms with E-state index >= 15 is 0 Å². The molecule has 0 spiro atoms. The minimum Gasteiger partial charge on any atom is -0.322 e. The molecule has 3 aromatic rings. The van der Waals surface area contributed by atoms with Gasteiger partial charge in [-0.25, -0.2) is 0 Å². The number of non-ortho nitro benzene ring substituents is 1. The number of carbonyl (C=O) groups excluding carboxylic acids is 2. The van der Waals surface area contributed by atoms with Gasteiger partial charge in [-0.3, -0.25) is 19.7 Å². The van der Waals surface area contributed by atoms with Crippen LogP contribution in [0, 0.1) is 10.1 Å². The Hall–Kier alpha value is -3.16. The van der Waals surface area contributed by atoms with Gasteiger partial charge in [0.2, 0.25) is 0 Å². The van der Waals surface area contributed by atoms with Crippen LogP contribution in [-0.2, 0) is 0 Å². The largest absolute Gasteiger partial charge is 0.322 e. The zero-order valence-electron chi connectivity index (χ0n) is 15.0. The second-order valence-electron chi connectivity index (χ2n) is 5.98. The maximum atomic E-state index is 12.3. The number of anilines is 1. The molecule has 0 unspecified atom stereocenters. The summed E-state index contributed by atoms with van der Waals surface area (Å²) in [5.41, 5.74) is 1.26. The van der Waals surface area contributed by atoms with Crippen molar-refractivity contribution in [3.63, 3.8) is 0 Å². The first-order chi connectivity index (χ1) is 13.9. The van der Waals surface area contributed by atoms with Crippen molar-refractivity contribution >= 4 is 46.4 Å². The Bertz CT molecular complexity index is 1070. The lowest BCUT2D eigenvalue weighted by Gasteiger charge is -2.08. The molecule has 0 saturated carbocycles. The molecule has 0 aliphatic carbocycles. The van der Waals surface area contributed by atoms with Gasteiger partial charge in [0.25, 0.3) is 11.6 Å². The van der Waals surface area contributed by atoms with Crippen LogP contribution in [0.25, 0.3) is 0 Å². The fourth-order valence-corrected chi connectivity index (χ4v) is 3.59. The SMILES string of the molecule is O=C(Nc1cccc(SCC(=O)c2ccccc2Cl)c1)c1ccc([N+](=O)[O-])cc1. The van der Waals surface area contributed by atoms with Crippen LogP contribution in [0.15, 0.2) is 77.7 Å². The van der Waals surface area contributed by atoms with Gasteiger partial charge in [-0.1, -0.05) is 29.8 Å². The predicted molar refractivity (Wildman–Crippen MR) is 114 cm³/mol. The number of hydrogen-bond donors (Lipinski definition) is 1. The van der Waals surface area contributed by atoms with Gasteiger partial charge in [-0.2, -0.15) is 0 Å². The normalized spacial score (nSPS) is 10.4. The highest BCUT2D eigenvalue weighted by Crippen LogP contribution is 2.25. The first kappa shape index (κ1) is 20.6. The molecule has 3 aromatic carbocycles. The van der Waals surface area contributed by atoms with E-state index in [2.05, 4.69) is 5.32 Å². The van der Waals surface area contributed by atoms with Crippen molar-refractivity contribution in [1.29, 1.82) is 0 Å². The van der Waals surface area contributed by atoms with Gasteiger partial charge in [-0.15, -0.1) is 11.8 Å². The third-order valence-corrected chi connectivity index (χ3v) is 5.30. The Morgan fingerprint density at radius 1 is 1.00 bits per heavy atom. The molecule has 0 aliphatic rings. The summed E-state index contributed by atoms with van der Waals surface area (Å²) >= 11 is 7.39. The number of nitro groups is 1. The predicted octanol–water partition coefficient (Wildman–Crippen LogP) is 5.48. The van der Waals surface area contributed by atoms with E-state index in [1.807, 2.05) is 6.07 Å². The quantitative estimate of drug-likeness (QED) is 0.234. The number of amides is 1. The van der Waals surface area contributed by atoms with E-state index in [4.69, 9.17) is 11.6 Å². The second kappa shape index (κ2) is 9.36. The highest BCUT2D eigenvalue weighted by Gasteiger charge is 2.12. The fraction of sp³-hybridized carbons (Fsp3) is 0.0476. The number of carbonyl (C=O) groups is 2. The summed E-state index contributed by atoms with van der Waals surface area (Å²) in [6.45, 7) is 0. The Balaban J connectivity index is 1.63. The van der Waals surface area contributed by atoms with E-state index < -0.39 is 4.92 Å². The van der Waals surface area contributed by atoms with Crippen LogP contribution in [0.2, 0.25) is 5.02 Å². The summed E-state index contributed by atoms with van der Waals surface area (Å²) in [6, 6.07) is 19.3. The number of Topliss-reactive ketones (excluding diaryl/α,β-unsaturated/α-hetero) is 1. The number of nitrogens with one attached hydrogen (secondary N) is 1. The summed E-state index contributed by atoms with van der Waals surface area (Å²) in [6.07, 6.45) is 0. The molecule has 6 nitrogen and oxygen atoms in total. The number of ketones is 1. The Labute approximate surface area is 176 Å². The molecule has 0 aliphatic heterocycles. The molecule has 0 fully saturated rings. The van der Waals surface area contributed by atoms with Crippen LogP contribution in [0.5, 0.6) is 0 Å². The van der Waals surface area contributed by atoms with Gasteiger partial charge < -0.3 is 5.32 Å². The van der Waals surface area contributed by atoms with Crippen molar-refractivity contribution in [2.75, 3.05) is 11.1 Å². The number of halogens is 1. The summed E-state index contributed by atoms with van der Waals surface area (Å²) in [4.78, 5) is 35.7. The zero-order chi connectivity index (χ0) is 20.8. The van der Waals surface area contributed by atoms with Crippen LogP contribution in [0.3, 0.4) is 0 Å². The molecular formula is C21H15ClN2O4S. The Kier molecular flexibility index (Phi) is 6.64. The van der Waals surface area contributed by atoms with Gasteiger partial charge in [0.05, 0.1) is 15.7 Å². The van der Waals surface area contributed by atoms with Crippen LogP contribution in [0.1, 0.15) is 20.7 Å². The second-order valence-corrected chi connectivity index (χ2v) is 7.43. The van der Waals surface area contributed by atoms with E-state index in [0.29, 0.717) is 21.8 Å². The molecule has 0 heterocycles. The highest BCUT2D eigenvalue weighted by molar-refractivity contribution is 8.00. The smallest absolute Gasteiger partial charge is 0.269 e. The minimum absolute atomic E-state index is 0.0804. The molecular weight excluding hydrogens is 412 g/mol. The van der Waals surface area contributed by atoms with E-state index in [0.717, 1.165) is 4.90 Å². The van der Waals surface area contributed by atoms with Gasteiger partial charge in [0.1, 0.15) is 0 Å². The number of benzene rings is 3. The number of nitro benzene ring substituents is 1. The van der Waals surface area contributed by atoms with Crippen molar-refractivity contribution < 1.29 is 14.5 Å². The van der Waals surface area contributed by atoms with E-state index in [-0.39, 0.29) is 23.1 Å². The standard InChI is InChI=1S/C21H15ClN2O4S/c22-19-7-2-1-6-18(19)20(25)13-29-17-5-3-4-15(12-17)23-21(26)14-8-10-16(11-9-14)24(27)28/h1-12H,13H2,(H,23,26). The van der Waals surface area contributed by atoms with Crippen LogP contribution in [-0.4, -0.2) is 22.4 Å². The molecule has 0 saturated heterocycles. The van der Waals surface area contributed by atoms with Crippen LogP contribution >= 0.6 is 23.4 Å². The van der Waals surface area contributed by atoms with Crippen molar-refractivity contribution in [2.24, 2.45) is 0 Å². The lowest BCUT2D eigenvalue weighted by Crippen LogP contribution is -2.11. The van der Waals surface area contributed by atoms with Crippen molar-refractivity contribution in [3.05, 3.63) is 99.1 Å². The van der Waals surface area contributed by atoms with E-state index in [1.165, 1.54) is 36.0 Å². The van der Waals surface area contributed by atoms with Gasteiger partial charge in [0, 0.05) is 33.8 Å². The van der Waals surface area contributed by atoms with Gasteiger partial charge in [0.15, 0.2) is 5.78 Å². The average molecular weight is 427 g/mol. The zero-order valence-corrected chi connectivity index (χ0v) is 16.6. The molecule has 29 heavy (non-hydrogen) atoms. The van der Waals surface area contributed by atoms with Crippen LogP contribution < -0.4 is 5.32 Å². The number of rotatable bonds is 7. The lowest BCUT2D eigenvalue weighted by molar-refractivity contribution is -0.384. The highest BCUT2D eigenvalue weighted by atomic mass is 35.5. The molecule has 3 rings (SSSR count). The maximum Gasteiger partial charge on any atom is 0.269 e. The first-order valence-corrected chi connectivity index (χ1v) is 9.87. The number of nitrogens with zero attached hydrogens (tertiary/aromatic N) is 1. The molecule has 146 valence electrons. The maximum absolute atomic E-state index is 12.3. The van der Waals surface area contributed by atoms with E-state index in [1.54, 1.807) is 42.5 Å². The third-order valence-electron chi connectivity index (χ3n) is 3.98. The topological polar surface area (TPSA) is 89.3 Å². The number of thioether (sulfide) groups is 1. The number of hydrogen-bond acceptors (Lipinski definition) is 5. The van der Waals surface area contributed by atoms with Crippen molar-refractivity contribution in [1.82, 2.24) is 0 Å². The summed E-state index contributed by atoms with van der Waals surface area (Å²) < 4.78 is 0.